The van der Waals surface area contributed by atoms with Gasteiger partial charge in [0, 0.05) is 0 Å². The molecule has 4 aromatic carbocycles. The molecule has 0 aromatic heterocycles. The molecule has 1 heterocycles. The minimum absolute atomic E-state index is 0.110. The van der Waals surface area contributed by atoms with Gasteiger partial charge in [-0.15, -0.1) is 0 Å². The van der Waals surface area contributed by atoms with Crippen molar-refractivity contribution >= 4 is 33.2 Å². The molecule has 3 nitrogen and oxygen atoms in total. The zero-order chi connectivity index (χ0) is 21.4. The fourth-order valence-electron chi connectivity index (χ4n) is 7.36. The summed E-state index contributed by atoms with van der Waals surface area (Å²) in [5.41, 5.74) is 3.81. The molecule has 158 valence electrons. The maximum Gasteiger partial charge on any atom is 0.337 e. The number of carbonyl (C=O) groups is 1. The number of carboxylic acid groups (broad SMARTS) is 1. The number of hydrogen-bond acceptors (Lipinski definition) is 2. The van der Waals surface area contributed by atoms with Crippen LogP contribution in [0.5, 0.6) is 0 Å². The predicted molar refractivity (Wildman–Crippen MR) is 128 cm³/mol. The van der Waals surface area contributed by atoms with Gasteiger partial charge < -0.3 is 10.4 Å². The first-order chi connectivity index (χ1) is 15.7. The van der Waals surface area contributed by atoms with Crippen LogP contribution in [0.2, 0.25) is 0 Å². The van der Waals surface area contributed by atoms with E-state index in [0.29, 0.717) is 29.2 Å². The summed E-state index contributed by atoms with van der Waals surface area (Å²) in [7, 11) is 0. The lowest BCUT2D eigenvalue weighted by molar-refractivity contribution is 0.0697. The summed E-state index contributed by atoms with van der Waals surface area (Å²) in [5.74, 6) is 1.45. The quantitative estimate of drug-likeness (QED) is 0.344. The average molecular weight is 420 g/mol. The van der Waals surface area contributed by atoms with E-state index in [1.165, 1.54) is 51.9 Å². The second kappa shape index (κ2) is 6.59. The van der Waals surface area contributed by atoms with E-state index in [1.54, 1.807) is 6.07 Å². The minimum Gasteiger partial charge on any atom is -0.478 e. The van der Waals surface area contributed by atoms with Crippen LogP contribution in [0, 0.1) is 17.8 Å². The summed E-state index contributed by atoms with van der Waals surface area (Å²) in [4.78, 5) is 12.2. The molecule has 0 radical (unpaired) electrons. The van der Waals surface area contributed by atoms with E-state index in [9.17, 15) is 9.90 Å². The summed E-state index contributed by atoms with van der Waals surface area (Å²) in [6, 6.07) is 25.6. The molecule has 3 aliphatic rings. The number of rotatable bonds is 2. The van der Waals surface area contributed by atoms with Crippen LogP contribution in [0.1, 0.15) is 52.7 Å². The molecule has 4 aromatic rings. The van der Waals surface area contributed by atoms with Crippen LogP contribution in [-0.2, 0) is 0 Å². The van der Waals surface area contributed by atoms with Gasteiger partial charge >= 0.3 is 5.97 Å². The summed E-state index contributed by atoms with van der Waals surface area (Å²) in [6.45, 7) is 0. The standard InChI is InChI=1S/C29H25NO2/c31-29(32)23-11-5-10-22-24-18-12-13-19(15-18)25(24)28(30-27(22)23)26-20-8-3-1-6-16(20)14-17-7-2-4-9-21(17)26/h1-11,14,18-19,24-25,28,30H,12-13,15H2,(H,31,32)/t18-,19-,24+,25+,28-/m0/s1. The van der Waals surface area contributed by atoms with E-state index < -0.39 is 5.97 Å². The third-order valence-electron chi connectivity index (χ3n) is 8.48. The normalized spacial score (nSPS) is 27.8. The van der Waals surface area contributed by atoms with Crippen molar-refractivity contribution in [1.29, 1.82) is 0 Å². The highest BCUT2D eigenvalue weighted by Crippen LogP contribution is 2.64. The van der Waals surface area contributed by atoms with E-state index in [4.69, 9.17) is 0 Å². The molecule has 0 saturated heterocycles. The summed E-state index contributed by atoms with van der Waals surface area (Å²) in [5, 5.41) is 18.9. The van der Waals surface area contributed by atoms with Crippen LogP contribution in [0.3, 0.4) is 0 Å². The Balaban J connectivity index is 1.54. The number of fused-ring (bicyclic) bond motifs is 9. The average Bonchev–Trinajstić information content (AvgIpc) is 3.44. The Morgan fingerprint density at radius 3 is 2.25 bits per heavy atom. The zero-order valence-corrected chi connectivity index (χ0v) is 17.8. The van der Waals surface area contributed by atoms with Gasteiger partial charge in [-0.05, 0) is 87.7 Å². The van der Waals surface area contributed by atoms with Gasteiger partial charge in [0.25, 0.3) is 0 Å². The molecule has 32 heavy (non-hydrogen) atoms. The van der Waals surface area contributed by atoms with Crippen LogP contribution < -0.4 is 5.32 Å². The molecular formula is C29H25NO2. The van der Waals surface area contributed by atoms with Crippen LogP contribution in [0.4, 0.5) is 5.69 Å². The van der Waals surface area contributed by atoms with Crippen LogP contribution in [0.25, 0.3) is 21.5 Å². The van der Waals surface area contributed by atoms with Gasteiger partial charge in [-0.3, -0.25) is 0 Å². The zero-order valence-electron chi connectivity index (χ0n) is 17.8. The van der Waals surface area contributed by atoms with Gasteiger partial charge in [0.1, 0.15) is 0 Å². The van der Waals surface area contributed by atoms with Crippen LogP contribution in [-0.4, -0.2) is 11.1 Å². The van der Waals surface area contributed by atoms with Gasteiger partial charge in [-0.2, -0.15) is 0 Å². The third-order valence-corrected chi connectivity index (χ3v) is 8.48. The fraction of sp³-hybridized carbons (Fsp3) is 0.276. The Morgan fingerprint density at radius 1 is 0.844 bits per heavy atom. The molecule has 0 amide bonds. The Bertz CT molecular complexity index is 1350. The smallest absolute Gasteiger partial charge is 0.337 e. The van der Waals surface area contributed by atoms with Gasteiger partial charge in [0.05, 0.1) is 17.3 Å². The van der Waals surface area contributed by atoms with Gasteiger partial charge in [-0.25, -0.2) is 4.79 Å². The molecular weight excluding hydrogens is 394 g/mol. The first kappa shape index (κ1) is 18.3. The number of nitrogens with one attached hydrogen (secondary N) is 1. The first-order valence-electron chi connectivity index (χ1n) is 11.7. The SMILES string of the molecule is O=C(O)c1cccc2c1N[C@H](c1c3ccccc3cc3ccccc13)[C@@H]1[C@H]3CC[C@@H](C3)[C@H]21. The lowest BCUT2D eigenvalue weighted by Crippen LogP contribution is -2.36. The van der Waals surface area contributed by atoms with Crippen LogP contribution >= 0.6 is 0 Å². The molecule has 0 spiro atoms. The molecule has 2 saturated carbocycles. The largest absolute Gasteiger partial charge is 0.478 e. The predicted octanol–water partition coefficient (Wildman–Crippen LogP) is 6.99. The number of benzene rings is 4. The fourth-order valence-corrected chi connectivity index (χ4v) is 7.36. The number of carboxylic acids is 1. The van der Waals surface area contributed by atoms with Crippen molar-refractivity contribution in [2.24, 2.45) is 17.8 Å². The van der Waals surface area contributed by atoms with Crippen molar-refractivity contribution in [3.05, 3.63) is 89.5 Å². The van der Waals surface area contributed by atoms with Crippen molar-refractivity contribution in [3.8, 4) is 0 Å². The van der Waals surface area contributed by atoms with E-state index in [0.717, 1.165) is 5.69 Å². The van der Waals surface area contributed by atoms with Crippen molar-refractivity contribution in [1.82, 2.24) is 0 Å². The van der Waals surface area contributed by atoms with Gasteiger partial charge in [0.2, 0.25) is 0 Å². The molecule has 7 rings (SSSR count). The second-order valence-electron chi connectivity index (χ2n) is 9.87. The molecule has 2 aliphatic carbocycles. The molecule has 1 aliphatic heterocycles. The van der Waals surface area contributed by atoms with Crippen molar-refractivity contribution in [2.75, 3.05) is 5.32 Å². The Kier molecular flexibility index (Phi) is 3.76. The van der Waals surface area contributed by atoms with Crippen molar-refractivity contribution < 1.29 is 9.90 Å². The van der Waals surface area contributed by atoms with E-state index in [1.807, 2.05) is 6.07 Å². The van der Waals surface area contributed by atoms with Crippen LogP contribution in [0.15, 0.2) is 72.8 Å². The Labute approximate surface area is 187 Å². The highest BCUT2D eigenvalue weighted by atomic mass is 16.4. The minimum atomic E-state index is -0.850. The lowest BCUT2D eigenvalue weighted by Gasteiger charge is -2.44. The number of aromatic carboxylic acids is 1. The summed E-state index contributed by atoms with van der Waals surface area (Å²) in [6.07, 6.45) is 3.83. The van der Waals surface area contributed by atoms with E-state index >= 15 is 0 Å². The third kappa shape index (κ3) is 2.39. The number of para-hydroxylation sites is 1. The molecule has 5 atom stereocenters. The van der Waals surface area contributed by atoms with E-state index in [-0.39, 0.29) is 6.04 Å². The molecule has 3 heteroatoms. The maximum atomic E-state index is 12.2. The monoisotopic (exact) mass is 419 g/mol. The van der Waals surface area contributed by atoms with Gasteiger partial charge in [0.15, 0.2) is 0 Å². The van der Waals surface area contributed by atoms with Gasteiger partial charge in [-0.1, -0.05) is 60.7 Å². The lowest BCUT2D eigenvalue weighted by atomic mass is 9.67. The second-order valence-corrected chi connectivity index (χ2v) is 9.87. The highest BCUT2D eigenvalue weighted by molar-refractivity contribution is 6.03. The van der Waals surface area contributed by atoms with Crippen molar-refractivity contribution in [2.45, 2.75) is 31.2 Å². The first-order valence-corrected chi connectivity index (χ1v) is 11.7. The Hall–Kier alpha value is -3.33. The molecule has 2 N–H and O–H groups in total. The molecule has 2 fully saturated rings. The highest BCUT2D eigenvalue weighted by Gasteiger charge is 2.54. The Morgan fingerprint density at radius 2 is 1.53 bits per heavy atom. The molecule has 0 unspecified atom stereocenters. The maximum absolute atomic E-state index is 12.2. The summed E-state index contributed by atoms with van der Waals surface area (Å²) < 4.78 is 0. The van der Waals surface area contributed by atoms with Crippen molar-refractivity contribution in [3.63, 3.8) is 0 Å². The number of anilines is 1. The topological polar surface area (TPSA) is 49.3 Å². The number of hydrogen-bond donors (Lipinski definition) is 2. The molecule has 2 bridgehead atoms. The van der Waals surface area contributed by atoms with E-state index in [2.05, 4.69) is 66.0 Å². The summed E-state index contributed by atoms with van der Waals surface area (Å²) >= 11 is 0.